The summed E-state index contributed by atoms with van der Waals surface area (Å²) in [5.74, 6) is -0.430. The normalized spacial score (nSPS) is 19.6. The second-order valence-corrected chi connectivity index (χ2v) is 7.45. The van der Waals surface area contributed by atoms with Gasteiger partial charge >= 0.3 is 0 Å². The van der Waals surface area contributed by atoms with Crippen LogP contribution in [0.2, 0.25) is 0 Å². The summed E-state index contributed by atoms with van der Waals surface area (Å²) in [5, 5.41) is 13.6. The van der Waals surface area contributed by atoms with Gasteiger partial charge in [0.1, 0.15) is 11.0 Å². The minimum Gasteiger partial charge on any atom is -0.495 e. The number of non-ortho nitro benzene ring substituents is 1. The number of carbonyl (C=O) groups excluding carboxylic acids is 2. The lowest BCUT2D eigenvalue weighted by Gasteiger charge is -2.27. The van der Waals surface area contributed by atoms with Gasteiger partial charge in [0.2, 0.25) is 5.91 Å². The molecule has 0 bridgehead atoms. The molecule has 1 aromatic carbocycles. The summed E-state index contributed by atoms with van der Waals surface area (Å²) in [6.45, 7) is 1.76. The first-order valence-electron chi connectivity index (χ1n) is 8.64. The highest BCUT2D eigenvalue weighted by atomic mass is 32.2. The molecule has 2 aliphatic heterocycles. The molecule has 0 radical (unpaired) electrons. The van der Waals surface area contributed by atoms with Gasteiger partial charge in [-0.3, -0.25) is 19.7 Å². The number of anilines is 1. The van der Waals surface area contributed by atoms with Crippen molar-refractivity contribution in [1.82, 2.24) is 4.90 Å². The molecule has 1 aromatic rings. The minimum atomic E-state index is -0.577. The standard InChI is InChI=1S/C17H20N4O5S/c1-26-13-6-5-11(21(24)25)9-12(13)18-15(22)10-14-16(23)19-17(27-14)20-7-3-2-4-8-20/h5-6,9,14H,2-4,7-8,10H2,1H3,(H,18,22). The van der Waals surface area contributed by atoms with E-state index in [1.807, 2.05) is 0 Å². The third kappa shape index (κ3) is 4.57. The van der Waals surface area contributed by atoms with Gasteiger partial charge in [-0.05, 0) is 25.3 Å². The molecular formula is C17H20N4O5S. The molecule has 0 aliphatic carbocycles. The Bertz CT molecular complexity index is 792. The maximum absolute atomic E-state index is 12.4. The van der Waals surface area contributed by atoms with E-state index in [1.54, 1.807) is 0 Å². The van der Waals surface area contributed by atoms with Crippen LogP contribution < -0.4 is 10.1 Å². The summed E-state index contributed by atoms with van der Waals surface area (Å²) in [4.78, 5) is 41.1. The highest BCUT2D eigenvalue weighted by molar-refractivity contribution is 8.15. The molecule has 2 amide bonds. The number of nitro groups is 1. The van der Waals surface area contributed by atoms with Crippen LogP contribution in [0.3, 0.4) is 0 Å². The van der Waals surface area contributed by atoms with Crippen molar-refractivity contribution >= 4 is 40.1 Å². The molecule has 1 unspecified atom stereocenters. The van der Waals surface area contributed by atoms with E-state index in [4.69, 9.17) is 4.74 Å². The number of nitrogens with one attached hydrogen (secondary N) is 1. The molecule has 1 saturated heterocycles. The van der Waals surface area contributed by atoms with E-state index in [9.17, 15) is 19.7 Å². The van der Waals surface area contributed by atoms with E-state index < -0.39 is 16.1 Å². The number of rotatable bonds is 5. The molecular weight excluding hydrogens is 372 g/mol. The molecule has 1 fully saturated rings. The first-order chi connectivity index (χ1) is 13.0. The lowest BCUT2D eigenvalue weighted by Crippen LogP contribution is -2.33. The first-order valence-corrected chi connectivity index (χ1v) is 9.52. The number of likely N-dealkylation sites (tertiary alicyclic amines) is 1. The van der Waals surface area contributed by atoms with Gasteiger partial charge < -0.3 is 15.0 Å². The number of nitro benzene ring substituents is 1. The predicted octanol–water partition coefficient (Wildman–Crippen LogP) is 2.42. The quantitative estimate of drug-likeness (QED) is 0.604. The van der Waals surface area contributed by atoms with E-state index in [1.165, 1.54) is 43.5 Å². The first kappa shape index (κ1) is 19.2. The van der Waals surface area contributed by atoms with Gasteiger partial charge in [0.05, 0.1) is 17.7 Å². The zero-order valence-corrected chi connectivity index (χ0v) is 15.7. The molecule has 0 spiro atoms. The highest BCUT2D eigenvalue weighted by Crippen LogP contribution is 2.31. The number of methoxy groups -OCH3 is 1. The molecule has 2 heterocycles. The Hall–Kier alpha value is -2.62. The van der Waals surface area contributed by atoms with Crippen molar-refractivity contribution in [1.29, 1.82) is 0 Å². The van der Waals surface area contributed by atoms with E-state index in [2.05, 4.69) is 15.2 Å². The topological polar surface area (TPSA) is 114 Å². The lowest BCUT2D eigenvalue weighted by molar-refractivity contribution is -0.384. The SMILES string of the molecule is COc1ccc([N+](=O)[O-])cc1NC(=O)CC1SC(N2CCCCC2)=NC1=O. The van der Waals surface area contributed by atoms with E-state index in [0.717, 1.165) is 25.9 Å². The number of ether oxygens (including phenoxy) is 1. The van der Waals surface area contributed by atoms with E-state index in [0.29, 0.717) is 10.9 Å². The van der Waals surface area contributed by atoms with Crippen molar-refractivity contribution in [2.75, 3.05) is 25.5 Å². The van der Waals surface area contributed by atoms with Crippen LogP contribution in [0.4, 0.5) is 11.4 Å². The Balaban J connectivity index is 1.62. The Morgan fingerprint density at radius 3 is 2.81 bits per heavy atom. The summed E-state index contributed by atoms with van der Waals surface area (Å²) in [5.41, 5.74) is 0.0393. The number of amidine groups is 1. The summed E-state index contributed by atoms with van der Waals surface area (Å²) >= 11 is 1.31. The molecule has 9 nitrogen and oxygen atoms in total. The van der Waals surface area contributed by atoms with Crippen molar-refractivity contribution in [2.24, 2.45) is 4.99 Å². The number of aliphatic imine (C=N–C) groups is 1. The fourth-order valence-corrected chi connectivity index (χ4v) is 4.12. The maximum Gasteiger partial charge on any atom is 0.271 e. The zero-order chi connectivity index (χ0) is 19.4. The number of thioether (sulfide) groups is 1. The second kappa shape index (κ2) is 8.38. The van der Waals surface area contributed by atoms with Crippen molar-refractivity contribution in [2.45, 2.75) is 30.9 Å². The fourth-order valence-electron chi connectivity index (χ4n) is 3.01. The predicted molar refractivity (Wildman–Crippen MR) is 102 cm³/mol. The number of hydrogen-bond donors (Lipinski definition) is 1. The Labute approximate surface area is 160 Å². The molecule has 2 aliphatic rings. The third-order valence-electron chi connectivity index (χ3n) is 4.39. The van der Waals surface area contributed by atoms with Crippen LogP contribution in [0.5, 0.6) is 5.75 Å². The number of carbonyl (C=O) groups is 2. The average molecular weight is 392 g/mol. The molecule has 10 heteroatoms. The second-order valence-electron chi connectivity index (χ2n) is 6.28. The molecule has 1 N–H and O–H groups in total. The van der Waals surface area contributed by atoms with Gasteiger partial charge in [-0.25, -0.2) is 0 Å². The van der Waals surface area contributed by atoms with Crippen LogP contribution >= 0.6 is 11.8 Å². The average Bonchev–Trinajstić information content (AvgIpc) is 3.02. The van der Waals surface area contributed by atoms with Crippen molar-refractivity contribution in [3.63, 3.8) is 0 Å². The zero-order valence-electron chi connectivity index (χ0n) is 14.8. The fraction of sp³-hybridized carbons (Fsp3) is 0.471. The van der Waals surface area contributed by atoms with Crippen LogP contribution in [-0.2, 0) is 9.59 Å². The number of nitrogens with zero attached hydrogens (tertiary/aromatic N) is 3. The highest BCUT2D eigenvalue weighted by Gasteiger charge is 2.33. The smallest absolute Gasteiger partial charge is 0.271 e. The van der Waals surface area contributed by atoms with E-state index in [-0.39, 0.29) is 23.7 Å². The third-order valence-corrected chi connectivity index (χ3v) is 5.61. The maximum atomic E-state index is 12.4. The molecule has 27 heavy (non-hydrogen) atoms. The van der Waals surface area contributed by atoms with Crippen LogP contribution in [0, 0.1) is 10.1 Å². The molecule has 1 atom stereocenters. The Morgan fingerprint density at radius 2 is 2.15 bits per heavy atom. The largest absolute Gasteiger partial charge is 0.495 e. The summed E-state index contributed by atoms with van der Waals surface area (Å²) in [6, 6.07) is 3.94. The molecule has 0 saturated carbocycles. The van der Waals surface area contributed by atoms with Crippen molar-refractivity contribution in [3.8, 4) is 5.75 Å². The number of piperidine rings is 1. The van der Waals surface area contributed by atoms with Gasteiger partial charge in [0.25, 0.3) is 11.6 Å². The molecule has 0 aromatic heterocycles. The van der Waals surface area contributed by atoms with Crippen molar-refractivity contribution in [3.05, 3.63) is 28.3 Å². The molecule has 3 rings (SSSR count). The summed E-state index contributed by atoms with van der Waals surface area (Å²) in [7, 11) is 1.41. The number of benzene rings is 1. The monoisotopic (exact) mass is 392 g/mol. The van der Waals surface area contributed by atoms with Crippen LogP contribution in [0.15, 0.2) is 23.2 Å². The minimum absolute atomic E-state index is 0.0593. The van der Waals surface area contributed by atoms with Crippen molar-refractivity contribution < 1.29 is 19.2 Å². The van der Waals surface area contributed by atoms with Crippen LogP contribution in [0.1, 0.15) is 25.7 Å². The summed E-state index contributed by atoms with van der Waals surface area (Å²) < 4.78 is 5.13. The van der Waals surface area contributed by atoms with Crippen LogP contribution in [-0.4, -0.2) is 52.3 Å². The van der Waals surface area contributed by atoms with E-state index >= 15 is 0 Å². The van der Waals surface area contributed by atoms with Gasteiger partial charge in [-0.15, -0.1) is 0 Å². The van der Waals surface area contributed by atoms with Gasteiger partial charge in [0.15, 0.2) is 5.17 Å². The Morgan fingerprint density at radius 1 is 1.41 bits per heavy atom. The lowest BCUT2D eigenvalue weighted by atomic mass is 10.1. The van der Waals surface area contributed by atoms with Crippen LogP contribution in [0.25, 0.3) is 0 Å². The molecule has 144 valence electrons. The number of hydrogen-bond acceptors (Lipinski definition) is 7. The van der Waals surface area contributed by atoms with Gasteiger partial charge in [-0.1, -0.05) is 11.8 Å². The van der Waals surface area contributed by atoms with Gasteiger partial charge in [0, 0.05) is 31.6 Å². The van der Waals surface area contributed by atoms with Gasteiger partial charge in [-0.2, -0.15) is 4.99 Å². The summed E-state index contributed by atoms with van der Waals surface area (Å²) in [6.07, 6.45) is 3.27. The number of amides is 2. The Kier molecular flexibility index (Phi) is 5.94.